The predicted molar refractivity (Wildman–Crippen MR) is 90.7 cm³/mol. The largest absolute Gasteiger partial charge is 0.326 e. The number of nitrogens with zero attached hydrogens (tertiary/aromatic N) is 5. The molecule has 0 aromatic carbocycles. The number of thioether (sulfide) groups is 1. The zero-order valence-corrected chi connectivity index (χ0v) is 15.2. The molecule has 2 heterocycles. The lowest BCUT2D eigenvalue weighted by atomic mass is 10.4. The molecule has 0 aromatic rings. The van der Waals surface area contributed by atoms with Crippen molar-refractivity contribution in [3.05, 3.63) is 0 Å². The van der Waals surface area contributed by atoms with Crippen LogP contribution in [0.4, 0.5) is 4.79 Å². The molecule has 2 aliphatic rings. The summed E-state index contributed by atoms with van der Waals surface area (Å²) in [6.07, 6.45) is 0.483. The number of hydrogen-bond acceptors (Lipinski definition) is 5. The number of hydrazone groups is 1. The van der Waals surface area contributed by atoms with Gasteiger partial charge in [0.15, 0.2) is 5.17 Å². The third kappa shape index (κ3) is 3.73. The van der Waals surface area contributed by atoms with Gasteiger partial charge in [0, 0.05) is 39.6 Å². The molecule has 0 N–H and O–H groups in total. The number of amidine groups is 1. The highest BCUT2D eigenvalue weighted by atomic mass is 32.2. The first kappa shape index (κ1) is 17.9. The average molecular weight is 359 g/mol. The van der Waals surface area contributed by atoms with Crippen molar-refractivity contribution in [1.82, 2.24) is 18.5 Å². The van der Waals surface area contributed by atoms with E-state index in [-0.39, 0.29) is 11.9 Å². The Morgan fingerprint density at radius 2 is 2.13 bits per heavy atom. The van der Waals surface area contributed by atoms with Gasteiger partial charge in [0.2, 0.25) is 0 Å². The van der Waals surface area contributed by atoms with Gasteiger partial charge in [-0.15, -0.1) is 16.9 Å². The topological polar surface area (TPSA) is 76.5 Å². The molecular weight excluding hydrogens is 338 g/mol. The summed E-state index contributed by atoms with van der Waals surface area (Å²) in [5.74, 6) is 5.80. The van der Waals surface area contributed by atoms with Gasteiger partial charge in [-0.2, -0.15) is 17.1 Å². The number of carbonyl (C=O) groups excluding carboxylic acids is 1. The second-order valence-electron chi connectivity index (χ2n) is 5.01. The lowest BCUT2D eigenvalue weighted by Crippen LogP contribution is -2.40. The summed E-state index contributed by atoms with van der Waals surface area (Å²) in [6, 6.07) is -0.152. The van der Waals surface area contributed by atoms with Crippen LogP contribution in [-0.4, -0.2) is 77.2 Å². The molecule has 0 bridgehead atoms. The second-order valence-corrected chi connectivity index (χ2v) is 7.76. The molecule has 2 amide bonds. The maximum absolute atomic E-state index is 12.6. The molecule has 0 aliphatic carbocycles. The van der Waals surface area contributed by atoms with Crippen molar-refractivity contribution in [3.63, 3.8) is 0 Å². The van der Waals surface area contributed by atoms with Crippen LogP contribution in [0.25, 0.3) is 0 Å². The minimum absolute atomic E-state index is 0.152. The summed E-state index contributed by atoms with van der Waals surface area (Å²) in [5.41, 5.74) is 0. The Bertz CT molecular complexity index is 652. The van der Waals surface area contributed by atoms with Gasteiger partial charge < -0.3 is 4.90 Å². The van der Waals surface area contributed by atoms with Crippen molar-refractivity contribution in [2.45, 2.75) is 20.3 Å². The SMILES string of the molecule is CC#CCCN(CC)S(=O)(=O)N1CSC(N2CCN(C)C2=O)=N1. The standard InChI is InChI=1S/C13H21N5O3S2/c1-4-6-7-8-16(5-2)23(20,21)18-11-22-12(14-18)17-10-9-15(3)13(17)19/h5,7-11H2,1-3H3. The van der Waals surface area contributed by atoms with Gasteiger partial charge in [0.1, 0.15) is 5.88 Å². The maximum Gasteiger partial charge on any atom is 0.325 e. The molecule has 0 spiro atoms. The first-order valence-electron chi connectivity index (χ1n) is 7.33. The summed E-state index contributed by atoms with van der Waals surface area (Å²) in [4.78, 5) is 15.1. The van der Waals surface area contributed by atoms with E-state index in [0.717, 1.165) is 4.41 Å². The molecule has 2 rings (SSSR count). The van der Waals surface area contributed by atoms with Crippen LogP contribution in [-0.2, 0) is 10.2 Å². The molecule has 23 heavy (non-hydrogen) atoms. The molecule has 128 valence electrons. The molecule has 1 saturated heterocycles. The highest BCUT2D eigenvalue weighted by molar-refractivity contribution is 8.14. The highest BCUT2D eigenvalue weighted by Crippen LogP contribution is 2.26. The van der Waals surface area contributed by atoms with Crippen molar-refractivity contribution in [1.29, 1.82) is 0 Å². The number of carbonyl (C=O) groups is 1. The zero-order valence-electron chi connectivity index (χ0n) is 13.5. The van der Waals surface area contributed by atoms with Gasteiger partial charge >= 0.3 is 16.2 Å². The van der Waals surface area contributed by atoms with Crippen LogP contribution in [0.2, 0.25) is 0 Å². The average Bonchev–Trinajstić information content (AvgIpc) is 3.12. The van der Waals surface area contributed by atoms with Crippen LogP contribution in [0.15, 0.2) is 5.10 Å². The Morgan fingerprint density at radius 3 is 2.70 bits per heavy atom. The number of urea groups is 1. The van der Waals surface area contributed by atoms with Crippen molar-refractivity contribution in [3.8, 4) is 11.8 Å². The van der Waals surface area contributed by atoms with Crippen molar-refractivity contribution in [2.24, 2.45) is 5.10 Å². The van der Waals surface area contributed by atoms with Crippen LogP contribution in [0.1, 0.15) is 20.3 Å². The molecule has 0 saturated carbocycles. The number of rotatable bonds is 5. The number of hydrogen-bond donors (Lipinski definition) is 0. The number of likely N-dealkylation sites (N-methyl/N-ethyl adjacent to an activating group) is 1. The molecular formula is C13H21N5O3S2. The highest BCUT2D eigenvalue weighted by Gasteiger charge is 2.37. The van der Waals surface area contributed by atoms with Gasteiger partial charge in [-0.25, -0.2) is 4.79 Å². The van der Waals surface area contributed by atoms with E-state index in [1.807, 2.05) is 0 Å². The Hall–Kier alpha value is -1.44. The summed E-state index contributed by atoms with van der Waals surface area (Å²) < 4.78 is 27.7. The zero-order chi connectivity index (χ0) is 17.0. The third-order valence-corrected chi connectivity index (χ3v) is 6.49. The monoisotopic (exact) mass is 359 g/mol. The molecule has 2 aliphatic heterocycles. The summed E-state index contributed by atoms with van der Waals surface area (Å²) >= 11 is 1.26. The fraction of sp³-hybridized carbons (Fsp3) is 0.692. The smallest absolute Gasteiger partial charge is 0.325 e. The van der Waals surface area contributed by atoms with Crippen molar-refractivity contribution < 1.29 is 13.2 Å². The predicted octanol–water partition coefficient (Wildman–Crippen LogP) is 0.611. The molecule has 0 radical (unpaired) electrons. The Labute approximate surface area is 141 Å². The minimum Gasteiger partial charge on any atom is -0.326 e. The van der Waals surface area contributed by atoms with E-state index in [1.54, 1.807) is 25.8 Å². The minimum atomic E-state index is -3.69. The van der Waals surface area contributed by atoms with Gasteiger partial charge in [0.25, 0.3) is 0 Å². The summed E-state index contributed by atoms with van der Waals surface area (Å²) in [5, 5.41) is 4.59. The van der Waals surface area contributed by atoms with Crippen molar-refractivity contribution in [2.75, 3.05) is 39.1 Å². The molecule has 1 fully saturated rings. The van der Waals surface area contributed by atoms with Crippen molar-refractivity contribution >= 4 is 33.2 Å². The first-order chi connectivity index (χ1) is 10.9. The lowest BCUT2D eigenvalue weighted by molar-refractivity contribution is 0.213. The Balaban J connectivity index is 2.11. The number of amides is 2. The van der Waals surface area contributed by atoms with E-state index >= 15 is 0 Å². The third-order valence-electron chi connectivity index (χ3n) is 3.56. The first-order valence-corrected chi connectivity index (χ1v) is 9.71. The van der Waals surface area contributed by atoms with Crippen LogP contribution in [0.5, 0.6) is 0 Å². The molecule has 0 aromatic heterocycles. The Kier molecular flexibility index (Phi) is 5.78. The quantitative estimate of drug-likeness (QED) is 0.674. The van der Waals surface area contributed by atoms with E-state index in [1.165, 1.54) is 21.0 Å². The van der Waals surface area contributed by atoms with E-state index in [4.69, 9.17) is 0 Å². The molecule has 0 unspecified atom stereocenters. The van der Waals surface area contributed by atoms with Crippen LogP contribution in [0, 0.1) is 11.8 Å². The van der Waals surface area contributed by atoms with Gasteiger partial charge in [-0.05, 0) is 6.92 Å². The van der Waals surface area contributed by atoms with Crippen LogP contribution < -0.4 is 0 Å². The summed E-state index contributed by atoms with van der Waals surface area (Å²) in [6.45, 7) is 5.33. The second kappa shape index (κ2) is 7.42. The lowest BCUT2D eigenvalue weighted by Gasteiger charge is -2.23. The van der Waals surface area contributed by atoms with E-state index in [0.29, 0.717) is 37.8 Å². The fourth-order valence-corrected chi connectivity index (χ4v) is 4.82. The van der Waals surface area contributed by atoms with E-state index < -0.39 is 10.2 Å². The van der Waals surface area contributed by atoms with Crippen LogP contribution in [0.3, 0.4) is 0 Å². The van der Waals surface area contributed by atoms with Gasteiger partial charge in [-0.3, -0.25) is 4.90 Å². The molecule has 10 heteroatoms. The molecule has 8 nitrogen and oxygen atoms in total. The van der Waals surface area contributed by atoms with Crippen LogP contribution >= 0.6 is 11.8 Å². The normalized spacial score (nSPS) is 18.5. The Morgan fingerprint density at radius 1 is 1.39 bits per heavy atom. The van der Waals surface area contributed by atoms with Gasteiger partial charge in [0.05, 0.1) is 0 Å². The maximum atomic E-state index is 12.6. The molecule has 0 atom stereocenters. The fourth-order valence-electron chi connectivity index (χ4n) is 2.22. The van der Waals surface area contributed by atoms with Gasteiger partial charge in [-0.1, -0.05) is 18.7 Å². The van der Waals surface area contributed by atoms with E-state index in [2.05, 4.69) is 16.9 Å². The summed E-state index contributed by atoms with van der Waals surface area (Å²) in [7, 11) is -1.97. The van der Waals surface area contributed by atoms with E-state index in [9.17, 15) is 13.2 Å².